The maximum atomic E-state index is 5.42. The van der Waals surface area contributed by atoms with Crippen LogP contribution >= 0.6 is 24.0 Å². The minimum Gasteiger partial charge on any atom is -0.383 e. The Bertz CT molecular complexity index is 493. The molecule has 0 aliphatic carbocycles. The third-order valence-corrected chi connectivity index (χ3v) is 3.88. The number of hydrogen-bond acceptors (Lipinski definition) is 4. The number of morpholine rings is 1. The minimum absolute atomic E-state index is 0. The highest BCUT2D eigenvalue weighted by Gasteiger charge is 2.12. The summed E-state index contributed by atoms with van der Waals surface area (Å²) in [4.78, 5) is 6.67. The van der Waals surface area contributed by atoms with Gasteiger partial charge in [0.2, 0.25) is 0 Å². The summed E-state index contributed by atoms with van der Waals surface area (Å²) in [5.41, 5.74) is 2.66. The van der Waals surface area contributed by atoms with Crippen LogP contribution in [-0.4, -0.2) is 64.5 Å². The molecule has 1 aliphatic rings. The van der Waals surface area contributed by atoms with Crippen molar-refractivity contribution in [2.45, 2.75) is 13.1 Å². The molecule has 0 unspecified atom stereocenters. The number of benzene rings is 1. The highest BCUT2D eigenvalue weighted by molar-refractivity contribution is 14.0. The zero-order valence-corrected chi connectivity index (χ0v) is 16.9. The van der Waals surface area contributed by atoms with E-state index in [0.29, 0.717) is 6.61 Å². The average Bonchev–Trinajstić information content (AvgIpc) is 2.60. The molecule has 0 atom stereocenters. The molecule has 1 heterocycles. The van der Waals surface area contributed by atoms with Crippen molar-refractivity contribution >= 4 is 29.9 Å². The fourth-order valence-corrected chi connectivity index (χ4v) is 2.56. The van der Waals surface area contributed by atoms with Gasteiger partial charge in [-0.1, -0.05) is 24.3 Å². The van der Waals surface area contributed by atoms with Crippen molar-refractivity contribution < 1.29 is 9.47 Å². The van der Waals surface area contributed by atoms with E-state index in [1.807, 2.05) is 0 Å². The molecule has 136 valence electrons. The second-order valence-electron chi connectivity index (χ2n) is 5.50. The molecule has 24 heavy (non-hydrogen) atoms. The summed E-state index contributed by atoms with van der Waals surface area (Å²) in [6.45, 7) is 6.79. The molecule has 0 bridgehead atoms. The number of rotatable bonds is 7. The lowest BCUT2D eigenvalue weighted by Gasteiger charge is -2.27. The van der Waals surface area contributed by atoms with Crippen LogP contribution in [0, 0.1) is 0 Å². The molecule has 1 saturated heterocycles. The third-order valence-electron chi connectivity index (χ3n) is 3.88. The molecule has 0 spiro atoms. The predicted octanol–water partition coefficient (Wildman–Crippen LogP) is 1.45. The van der Waals surface area contributed by atoms with Gasteiger partial charge in [-0.3, -0.25) is 9.89 Å². The van der Waals surface area contributed by atoms with Crippen LogP contribution in [-0.2, 0) is 22.6 Å². The van der Waals surface area contributed by atoms with Crippen LogP contribution < -0.4 is 10.6 Å². The molecule has 2 rings (SSSR count). The summed E-state index contributed by atoms with van der Waals surface area (Å²) < 4.78 is 10.5. The molecule has 1 aliphatic heterocycles. The van der Waals surface area contributed by atoms with E-state index in [1.165, 1.54) is 11.1 Å². The summed E-state index contributed by atoms with van der Waals surface area (Å²) in [5.74, 6) is 0.795. The summed E-state index contributed by atoms with van der Waals surface area (Å²) in [5, 5.41) is 6.59. The Morgan fingerprint density at radius 2 is 1.92 bits per heavy atom. The molecule has 0 radical (unpaired) electrons. The Morgan fingerprint density at radius 3 is 2.58 bits per heavy atom. The van der Waals surface area contributed by atoms with Gasteiger partial charge in [-0.15, -0.1) is 24.0 Å². The lowest BCUT2D eigenvalue weighted by atomic mass is 10.1. The standard InChI is InChI=1S/C17H28N4O2.HI/c1-18-17(19-7-10-22-2)20-13-15-5-3-4-6-16(15)14-21-8-11-23-12-9-21;/h3-6H,7-14H2,1-2H3,(H2,18,19,20);1H. The van der Waals surface area contributed by atoms with Gasteiger partial charge in [-0.25, -0.2) is 0 Å². The van der Waals surface area contributed by atoms with Crippen molar-refractivity contribution in [3.63, 3.8) is 0 Å². The summed E-state index contributed by atoms with van der Waals surface area (Å²) in [7, 11) is 3.47. The topological polar surface area (TPSA) is 58.1 Å². The van der Waals surface area contributed by atoms with Crippen molar-refractivity contribution in [3.8, 4) is 0 Å². The zero-order valence-electron chi connectivity index (χ0n) is 14.6. The van der Waals surface area contributed by atoms with E-state index in [2.05, 4.69) is 44.8 Å². The molecule has 2 N–H and O–H groups in total. The molecule has 1 fully saturated rings. The quantitative estimate of drug-likeness (QED) is 0.286. The van der Waals surface area contributed by atoms with Crippen LogP contribution in [0.25, 0.3) is 0 Å². The van der Waals surface area contributed by atoms with E-state index >= 15 is 0 Å². The first-order chi connectivity index (χ1) is 11.3. The minimum atomic E-state index is 0. The van der Waals surface area contributed by atoms with Crippen LogP contribution in [0.4, 0.5) is 0 Å². The maximum absolute atomic E-state index is 5.42. The summed E-state index contributed by atoms with van der Waals surface area (Å²) >= 11 is 0. The molecule has 6 nitrogen and oxygen atoms in total. The first-order valence-corrected chi connectivity index (χ1v) is 8.14. The van der Waals surface area contributed by atoms with Gasteiger partial charge in [0.05, 0.1) is 19.8 Å². The van der Waals surface area contributed by atoms with Crippen LogP contribution in [0.15, 0.2) is 29.3 Å². The third kappa shape index (κ3) is 7.33. The zero-order chi connectivity index (χ0) is 16.3. The average molecular weight is 448 g/mol. The Balaban J connectivity index is 0.00000288. The smallest absolute Gasteiger partial charge is 0.191 e. The molecular weight excluding hydrogens is 419 g/mol. The van der Waals surface area contributed by atoms with Crippen molar-refractivity contribution in [1.29, 1.82) is 0 Å². The monoisotopic (exact) mass is 448 g/mol. The van der Waals surface area contributed by atoms with Gasteiger partial charge < -0.3 is 20.1 Å². The fourth-order valence-electron chi connectivity index (χ4n) is 2.56. The van der Waals surface area contributed by atoms with Gasteiger partial charge in [0, 0.05) is 46.9 Å². The number of halogens is 1. The number of methoxy groups -OCH3 is 1. The molecule has 0 amide bonds. The number of guanidine groups is 1. The largest absolute Gasteiger partial charge is 0.383 e. The number of nitrogens with one attached hydrogen (secondary N) is 2. The highest BCUT2D eigenvalue weighted by Crippen LogP contribution is 2.12. The molecular formula is C17H29IN4O2. The van der Waals surface area contributed by atoms with Crippen LogP contribution in [0.5, 0.6) is 0 Å². The second-order valence-corrected chi connectivity index (χ2v) is 5.50. The normalized spacial score (nSPS) is 15.7. The number of hydrogen-bond donors (Lipinski definition) is 2. The Hall–Kier alpha value is -0.900. The Kier molecular flexibility index (Phi) is 11.0. The predicted molar refractivity (Wildman–Crippen MR) is 108 cm³/mol. The maximum Gasteiger partial charge on any atom is 0.191 e. The van der Waals surface area contributed by atoms with Gasteiger partial charge >= 0.3 is 0 Å². The molecule has 7 heteroatoms. The Morgan fingerprint density at radius 1 is 1.21 bits per heavy atom. The van der Waals surface area contributed by atoms with Gasteiger partial charge in [-0.05, 0) is 11.1 Å². The molecule has 0 aromatic heterocycles. The molecule has 1 aromatic carbocycles. The van der Waals surface area contributed by atoms with E-state index in [0.717, 1.165) is 51.9 Å². The van der Waals surface area contributed by atoms with Crippen molar-refractivity contribution in [3.05, 3.63) is 35.4 Å². The van der Waals surface area contributed by atoms with Crippen molar-refractivity contribution in [2.24, 2.45) is 4.99 Å². The van der Waals surface area contributed by atoms with E-state index in [-0.39, 0.29) is 24.0 Å². The summed E-state index contributed by atoms with van der Waals surface area (Å²) in [6.07, 6.45) is 0. The Labute approximate surface area is 162 Å². The van der Waals surface area contributed by atoms with Crippen molar-refractivity contribution in [2.75, 3.05) is 53.6 Å². The fraction of sp³-hybridized carbons (Fsp3) is 0.588. The van der Waals surface area contributed by atoms with Gasteiger partial charge in [0.25, 0.3) is 0 Å². The lowest BCUT2D eigenvalue weighted by molar-refractivity contribution is 0.0341. The number of nitrogens with zero attached hydrogens (tertiary/aromatic N) is 2. The van der Waals surface area contributed by atoms with E-state index in [4.69, 9.17) is 9.47 Å². The first kappa shape index (κ1) is 21.1. The number of aliphatic imine (C=N–C) groups is 1. The SMILES string of the molecule is CN=C(NCCOC)NCc1ccccc1CN1CCOCC1.I. The first-order valence-electron chi connectivity index (χ1n) is 8.14. The lowest BCUT2D eigenvalue weighted by Crippen LogP contribution is -2.39. The highest BCUT2D eigenvalue weighted by atomic mass is 127. The molecule has 1 aromatic rings. The van der Waals surface area contributed by atoms with Gasteiger partial charge in [-0.2, -0.15) is 0 Å². The second kappa shape index (κ2) is 12.5. The van der Waals surface area contributed by atoms with E-state index < -0.39 is 0 Å². The van der Waals surface area contributed by atoms with Crippen molar-refractivity contribution in [1.82, 2.24) is 15.5 Å². The summed E-state index contributed by atoms with van der Waals surface area (Å²) in [6, 6.07) is 8.56. The van der Waals surface area contributed by atoms with Gasteiger partial charge in [0.1, 0.15) is 0 Å². The van der Waals surface area contributed by atoms with E-state index in [1.54, 1.807) is 14.2 Å². The van der Waals surface area contributed by atoms with Crippen LogP contribution in [0.2, 0.25) is 0 Å². The van der Waals surface area contributed by atoms with Crippen LogP contribution in [0.1, 0.15) is 11.1 Å². The van der Waals surface area contributed by atoms with Gasteiger partial charge in [0.15, 0.2) is 5.96 Å². The number of ether oxygens (including phenoxy) is 2. The molecule has 0 saturated carbocycles. The van der Waals surface area contributed by atoms with Crippen LogP contribution in [0.3, 0.4) is 0 Å². The van der Waals surface area contributed by atoms with E-state index in [9.17, 15) is 0 Å².